The second-order valence-electron chi connectivity index (χ2n) is 4.11. The lowest BCUT2D eigenvalue weighted by Gasteiger charge is -2.09. The average Bonchev–Trinajstić information content (AvgIpc) is 2.32. The maximum absolute atomic E-state index is 6.15. The van der Waals surface area contributed by atoms with Crippen LogP contribution < -0.4 is 0 Å². The molecule has 0 saturated carbocycles. The van der Waals surface area contributed by atoms with E-state index in [1.54, 1.807) is 0 Å². The summed E-state index contributed by atoms with van der Waals surface area (Å²) in [5, 5.41) is 0.568. The first kappa shape index (κ1) is 12.1. The van der Waals surface area contributed by atoms with Crippen LogP contribution in [0.3, 0.4) is 0 Å². The first-order valence-corrected chi connectivity index (χ1v) is 6.16. The SMILES string of the molecule is CCCc1c(Cl)ncnc1-c1cccc(C)c1. The molecule has 0 aliphatic heterocycles. The molecule has 1 aromatic carbocycles. The van der Waals surface area contributed by atoms with Gasteiger partial charge in [-0.1, -0.05) is 48.7 Å². The predicted octanol–water partition coefficient (Wildman–Crippen LogP) is 4.06. The van der Waals surface area contributed by atoms with Gasteiger partial charge in [0.25, 0.3) is 0 Å². The smallest absolute Gasteiger partial charge is 0.136 e. The summed E-state index contributed by atoms with van der Waals surface area (Å²) >= 11 is 6.15. The molecule has 2 aromatic rings. The molecule has 0 amide bonds. The second kappa shape index (κ2) is 5.28. The molecule has 17 heavy (non-hydrogen) atoms. The summed E-state index contributed by atoms with van der Waals surface area (Å²) in [4.78, 5) is 8.43. The summed E-state index contributed by atoms with van der Waals surface area (Å²) in [6.07, 6.45) is 3.47. The molecule has 0 spiro atoms. The van der Waals surface area contributed by atoms with E-state index in [-0.39, 0.29) is 0 Å². The Morgan fingerprint density at radius 2 is 2.06 bits per heavy atom. The van der Waals surface area contributed by atoms with E-state index in [1.165, 1.54) is 11.9 Å². The van der Waals surface area contributed by atoms with E-state index in [4.69, 9.17) is 11.6 Å². The van der Waals surface area contributed by atoms with Crippen LogP contribution in [0.1, 0.15) is 24.5 Å². The summed E-state index contributed by atoms with van der Waals surface area (Å²) in [5.41, 5.74) is 4.33. The highest BCUT2D eigenvalue weighted by Gasteiger charge is 2.10. The normalized spacial score (nSPS) is 10.5. The number of nitrogens with zero attached hydrogens (tertiary/aromatic N) is 2. The fourth-order valence-corrected chi connectivity index (χ4v) is 2.13. The molecule has 2 nitrogen and oxygen atoms in total. The molecule has 1 heterocycles. The minimum absolute atomic E-state index is 0.568. The van der Waals surface area contributed by atoms with Crippen LogP contribution in [0.2, 0.25) is 5.15 Å². The van der Waals surface area contributed by atoms with Gasteiger partial charge in [-0.15, -0.1) is 0 Å². The number of aromatic nitrogens is 2. The third-order valence-electron chi connectivity index (χ3n) is 2.68. The van der Waals surface area contributed by atoms with Crippen LogP contribution in [0.25, 0.3) is 11.3 Å². The molecular weight excluding hydrogens is 232 g/mol. The molecule has 0 bridgehead atoms. The lowest BCUT2D eigenvalue weighted by molar-refractivity contribution is 0.904. The van der Waals surface area contributed by atoms with Gasteiger partial charge in [0.1, 0.15) is 11.5 Å². The summed E-state index contributed by atoms with van der Waals surface area (Å²) in [7, 11) is 0. The number of aryl methyl sites for hydroxylation is 1. The predicted molar refractivity (Wildman–Crippen MR) is 71.2 cm³/mol. The van der Waals surface area contributed by atoms with Crippen LogP contribution in [-0.2, 0) is 6.42 Å². The van der Waals surface area contributed by atoms with E-state index in [9.17, 15) is 0 Å². The first-order valence-electron chi connectivity index (χ1n) is 5.78. The fraction of sp³-hybridized carbons (Fsp3) is 0.286. The van der Waals surface area contributed by atoms with Crippen molar-refractivity contribution in [2.24, 2.45) is 0 Å². The van der Waals surface area contributed by atoms with E-state index < -0.39 is 0 Å². The van der Waals surface area contributed by atoms with Crippen LogP contribution in [0.15, 0.2) is 30.6 Å². The maximum Gasteiger partial charge on any atom is 0.136 e. The van der Waals surface area contributed by atoms with Crippen LogP contribution in [0.4, 0.5) is 0 Å². The number of benzene rings is 1. The molecule has 2 rings (SSSR count). The van der Waals surface area contributed by atoms with Crippen LogP contribution in [-0.4, -0.2) is 9.97 Å². The molecule has 0 N–H and O–H groups in total. The third-order valence-corrected chi connectivity index (χ3v) is 3.01. The molecule has 1 aromatic heterocycles. The highest BCUT2D eigenvalue weighted by Crippen LogP contribution is 2.27. The molecule has 0 aliphatic carbocycles. The summed E-state index contributed by atoms with van der Waals surface area (Å²) in [6.45, 7) is 4.20. The summed E-state index contributed by atoms with van der Waals surface area (Å²) in [6, 6.07) is 8.30. The highest BCUT2D eigenvalue weighted by atomic mass is 35.5. The van der Waals surface area contributed by atoms with E-state index in [1.807, 2.05) is 6.07 Å². The monoisotopic (exact) mass is 246 g/mol. The number of hydrogen-bond acceptors (Lipinski definition) is 2. The Kier molecular flexibility index (Phi) is 3.75. The Morgan fingerprint density at radius 3 is 2.76 bits per heavy atom. The van der Waals surface area contributed by atoms with Gasteiger partial charge in [0.2, 0.25) is 0 Å². The molecule has 0 fully saturated rings. The fourth-order valence-electron chi connectivity index (χ4n) is 1.90. The maximum atomic E-state index is 6.15. The lowest BCUT2D eigenvalue weighted by atomic mass is 10.0. The van der Waals surface area contributed by atoms with Crippen molar-refractivity contribution in [2.45, 2.75) is 26.7 Å². The van der Waals surface area contributed by atoms with Crippen LogP contribution in [0, 0.1) is 6.92 Å². The average molecular weight is 247 g/mol. The van der Waals surface area contributed by atoms with Crippen LogP contribution >= 0.6 is 11.6 Å². The van der Waals surface area contributed by atoms with Crippen LogP contribution in [0.5, 0.6) is 0 Å². The summed E-state index contributed by atoms with van der Waals surface area (Å²) < 4.78 is 0. The summed E-state index contributed by atoms with van der Waals surface area (Å²) in [5.74, 6) is 0. The zero-order valence-corrected chi connectivity index (χ0v) is 10.8. The first-order chi connectivity index (χ1) is 8.22. The molecule has 3 heteroatoms. The van der Waals surface area contributed by atoms with Crippen molar-refractivity contribution < 1.29 is 0 Å². The zero-order chi connectivity index (χ0) is 12.3. The van der Waals surface area contributed by atoms with Crippen molar-refractivity contribution in [1.82, 2.24) is 9.97 Å². The molecule has 0 aliphatic rings. The molecule has 88 valence electrons. The second-order valence-corrected chi connectivity index (χ2v) is 4.47. The zero-order valence-electron chi connectivity index (χ0n) is 10.1. The Bertz CT molecular complexity index is 523. The quantitative estimate of drug-likeness (QED) is 0.764. The number of hydrogen-bond donors (Lipinski definition) is 0. The molecule has 0 radical (unpaired) electrons. The number of halogens is 1. The Balaban J connectivity index is 2.54. The molecule has 0 saturated heterocycles. The van der Waals surface area contributed by atoms with Crippen molar-refractivity contribution in [3.63, 3.8) is 0 Å². The lowest BCUT2D eigenvalue weighted by Crippen LogP contribution is -1.96. The van der Waals surface area contributed by atoms with E-state index in [2.05, 4.69) is 42.0 Å². The Labute approximate surface area is 107 Å². The van der Waals surface area contributed by atoms with Crippen molar-refractivity contribution in [2.75, 3.05) is 0 Å². The Hall–Kier alpha value is -1.41. The van der Waals surface area contributed by atoms with Gasteiger partial charge in [0.05, 0.1) is 5.69 Å². The van der Waals surface area contributed by atoms with Gasteiger partial charge in [-0.3, -0.25) is 0 Å². The highest BCUT2D eigenvalue weighted by molar-refractivity contribution is 6.30. The van der Waals surface area contributed by atoms with E-state index >= 15 is 0 Å². The van der Waals surface area contributed by atoms with Gasteiger partial charge < -0.3 is 0 Å². The van der Waals surface area contributed by atoms with Gasteiger partial charge in [-0.25, -0.2) is 9.97 Å². The van der Waals surface area contributed by atoms with Gasteiger partial charge >= 0.3 is 0 Å². The van der Waals surface area contributed by atoms with Crippen molar-refractivity contribution in [3.05, 3.63) is 46.9 Å². The minimum atomic E-state index is 0.568. The Morgan fingerprint density at radius 1 is 1.24 bits per heavy atom. The van der Waals surface area contributed by atoms with Gasteiger partial charge in [0.15, 0.2) is 0 Å². The molecular formula is C14H15ClN2. The number of rotatable bonds is 3. The molecule has 0 unspecified atom stereocenters. The standard InChI is InChI=1S/C14H15ClN2/c1-3-5-12-13(16-9-17-14(12)15)11-7-4-6-10(2)8-11/h4,6-9H,3,5H2,1-2H3. The van der Waals surface area contributed by atoms with E-state index in [0.29, 0.717) is 5.15 Å². The van der Waals surface area contributed by atoms with E-state index in [0.717, 1.165) is 29.7 Å². The van der Waals surface area contributed by atoms with Gasteiger partial charge in [-0.2, -0.15) is 0 Å². The minimum Gasteiger partial charge on any atom is -0.236 e. The van der Waals surface area contributed by atoms with Crippen molar-refractivity contribution >= 4 is 11.6 Å². The largest absolute Gasteiger partial charge is 0.236 e. The van der Waals surface area contributed by atoms with Gasteiger partial charge in [0, 0.05) is 11.1 Å². The third kappa shape index (κ3) is 2.64. The van der Waals surface area contributed by atoms with Crippen molar-refractivity contribution in [3.8, 4) is 11.3 Å². The van der Waals surface area contributed by atoms with Crippen molar-refractivity contribution in [1.29, 1.82) is 0 Å². The van der Waals surface area contributed by atoms with Gasteiger partial charge in [-0.05, 0) is 19.4 Å². The molecule has 0 atom stereocenters. The topological polar surface area (TPSA) is 25.8 Å².